The third-order valence-electron chi connectivity index (χ3n) is 2.20. The largest absolute Gasteiger partial charge is 0.370 e. The molecule has 15 heavy (non-hydrogen) atoms. The Labute approximate surface area is 90.8 Å². The lowest BCUT2D eigenvalue weighted by Crippen LogP contribution is -2.46. The van der Waals surface area contributed by atoms with Crippen molar-refractivity contribution in [3.8, 4) is 0 Å². The van der Waals surface area contributed by atoms with E-state index in [1.54, 1.807) is 0 Å². The van der Waals surface area contributed by atoms with Crippen molar-refractivity contribution < 1.29 is 9.59 Å². The number of rotatable bonds is 7. The third kappa shape index (κ3) is 7.93. The molecule has 0 spiro atoms. The summed E-state index contributed by atoms with van der Waals surface area (Å²) in [5.74, 6) is -0.428. The molecule has 88 valence electrons. The molecule has 0 radical (unpaired) electrons. The molecule has 0 fully saturated rings. The minimum atomic E-state index is -0.364. The summed E-state index contributed by atoms with van der Waals surface area (Å²) in [7, 11) is 0. The Morgan fingerprint density at radius 3 is 2.40 bits per heavy atom. The zero-order chi connectivity index (χ0) is 11.9. The zero-order valence-electron chi connectivity index (χ0n) is 9.72. The number of amides is 2. The standard InChI is InChI=1S/C10H21N3O2/c1-4-10(2,3)13-9(15)7-12-6-5-8(11)14/h12H,4-7H2,1-3H3,(H2,11,14)(H,13,15). The van der Waals surface area contributed by atoms with E-state index in [-0.39, 0.29) is 30.3 Å². The summed E-state index contributed by atoms with van der Waals surface area (Å²) in [6.07, 6.45) is 1.13. The highest BCUT2D eigenvalue weighted by Crippen LogP contribution is 2.05. The molecular weight excluding hydrogens is 194 g/mol. The van der Waals surface area contributed by atoms with Crippen molar-refractivity contribution in [1.82, 2.24) is 10.6 Å². The topological polar surface area (TPSA) is 84.2 Å². The highest BCUT2D eigenvalue weighted by Gasteiger charge is 2.16. The van der Waals surface area contributed by atoms with E-state index in [9.17, 15) is 9.59 Å². The molecule has 0 aromatic carbocycles. The van der Waals surface area contributed by atoms with Crippen molar-refractivity contribution in [2.24, 2.45) is 5.73 Å². The summed E-state index contributed by atoms with van der Waals surface area (Å²) in [4.78, 5) is 21.8. The van der Waals surface area contributed by atoms with Crippen molar-refractivity contribution in [2.75, 3.05) is 13.1 Å². The van der Waals surface area contributed by atoms with E-state index < -0.39 is 0 Å². The molecule has 0 aliphatic rings. The second-order valence-electron chi connectivity index (χ2n) is 4.18. The summed E-state index contributed by atoms with van der Waals surface area (Å²) in [6, 6.07) is 0. The first kappa shape index (κ1) is 13.9. The molecule has 4 N–H and O–H groups in total. The number of carbonyl (C=O) groups is 2. The van der Waals surface area contributed by atoms with Gasteiger partial charge in [0.15, 0.2) is 0 Å². The van der Waals surface area contributed by atoms with Crippen molar-refractivity contribution >= 4 is 11.8 Å². The lowest BCUT2D eigenvalue weighted by molar-refractivity contribution is -0.122. The quantitative estimate of drug-likeness (QED) is 0.512. The Balaban J connectivity index is 3.62. The maximum Gasteiger partial charge on any atom is 0.234 e. The van der Waals surface area contributed by atoms with Crippen molar-refractivity contribution in [1.29, 1.82) is 0 Å². The molecule has 0 bridgehead atoms. The highest BCUT2D eigenvalue weighted by molar-refractivity contribution is 5.79. The van der Waals surface area contributed by atoms with Crippen molar-refractivity contribution in [2.45, 2.75) is 39.2 Å². The number of nitrogens with one attached hydrogen (secondary N) is 2. The molecule has 0 saturated heterocycles. The van der Waals surface area contributed by atoms with Gasteiger partial charge in [-0.15, -0.1) is 0 Å². The summed E-state index contributed by atoms with van der Waals surface area (Å²) >= 11 is 0. The van der Waals surface area contributed by atoms with Crippen LogP contribution < -0.4 is 16.4 Å². The fourth-order valence-electron chi connectivity index (χ4n) is 0.924. The molecule has 5 nitrogen and oxygen atoms in total. The van der Waals surface area contributed by atoms with E-state index in [1.807, 2.05) is 20.8 Å². The molecule has 0 atom stereocenters. The highest BCUT2D eigenvalue weighted by atomic mass is 16.2. The Bertz CT molecular complexity index is 227. The molecule has 0 aromatic heterocycles. The number of hydrogen-bond acceptors (Lipinski definition) is 3. The Morgan fingerprint density at radius 1 is 1.33 bits per heavy atom. The van der Waals surface area contributed by atoms with Crippen LogP contribution in [0, 0.1) is 0 Å². The van der Waals surface area contributed by atoms with Crippen LogP contribution in [0.15, 0.2) is 0 Å². The van der Waals surface area contributed by atoms with Crippen molar-refractivity contribution in [3.63, 3.8) is 0 Å². The van der Waals surface area contributed by atoms with Crippen LogP contribution in [0.3, 0.4) is 0 Å². The zero-order valence-corrected chi connectivity index (χ0v) is 9.72. The van der Waals surface area contributed by atoms with E-state index in [4.69, 9.17) is 5.73 Å². The maximum atomic E-state index is 11.4. The Kier molecular flexibility index (Phi) is 5.93. The lowest BCUT2D eigenvalue weighted by atomic mass is 10.0. The fraction of sp³-hybridized carbons (Fsp3) is 0.800. The van der Waals surface area contributed by atoms with Gasteiger partial charge in [0.2, 0.25) is 11.8 Å². The smallest absolute Gasteiger partial charge is 0.234 e. The van der Waals surface area contributed by atoms with Gasteiger partial charge in [0, 0.05) is 18.5 Å². The van der Waals surface area contributed by atoms with Gasteiger partial charge < -0.3 is 16.4 Å². The first-order valence-electron chi connectivity index (χ1n) is 5.17. The predicted octanol–water partition coefficient (Wildman–Crippen LogP) is -0.244. The van der Waals surface area contributed by atoms with Crippen LogP contribution in [0.1, 0.15) is 33.6 Å². The van der Waals surface area contributed by atoms with E-state index in [0.717, 1.165) is 6.42 Å². The molecule has 0 rings (SSSR count). The normalized spacial score (nSPS) is 11.1. The van der Waals surface area contributed by atoms with E-state index in [1.165, 1.54) is 0 Å². The number of hydrogen-bond donors (Lipinski definition) is 3. The molecule has 0 unspecified atom stereocenters. The monoisotopic (exact) mass is 215 g/mol. The Hall–Kier alpha value is -1.10. The molecule has 0 aliphatic heterocycles. The van der Waals surface area contributed by atoms with Gasteiger partial charge in [0.25, 0.3) is 0 Å². The van der Waals surface area contributed by atoms with Crippen LogP contribution in [0.25, 0.3) is 0 Å². The predicted molar refractivity (Wildman–Crippen MR) is 59.2 cm³/mol. The van der Waals surface area contributed by atoms with E-state index >= 15 is 0 Å². The first-order valence-corrected chi connectivity index (χ1v) is 5.17. The van der Waals surface area contributed by atoms with Gasteiger partial charge in [0.1, 0.15) is 0 Å². The van der Waals surface area contributed by atoms with Gasteiger partial charge in [-0.3, -0.25) is 9.59 Å². The maximum absolute atomic E-state index is 11.4. The van der Waals surface area contributed by atoms with Gasteiger partial charge >= 0.3 is 0 Å². The summed E-state index contributed by atoms with van der Waals surface area (Å²) in [5, 5.41) is 5.73. The van der Waals surface area contributed by atoms with Gasteiger partial charge in [-0.25, -0.2) is 0 Å². The van der Waals surface area contributed by atoms with Crippen LogP contribution in [-0.2, 0) is 9.59 Å². The lowest BCUT2D eigenvalue weighted by Gasteiger charge is -2.24. The SMILES string of the molecule is CCC(C)(C)NC(=O)CNCCC(N)=O. The average Bonchev–Trinajstić information content (AvgIpc) is 2.11. The number of nitrogens with two attached hydrogens (primary N) is 1. The first-order chi connectivity index (χ1) is 6.87. The molecular formula is C10H21N3O2. The number of primary amides is 1. The minimum absolute atomic E-state index is 0.0636. The van der Waals surface area contributed by atoms with Crippen LogP contribution in [0.2, 0.25) is 0 Å². The summed E-state index contributed by atoms with van der Waals surface area (Å²) in [6.45, 7) is 6.61. The van der Waals surface area contributed by atoms with Gasteiger partial charge in [-0.2, -0.15) is 0 Å². The molecule has 0 aliphatic carbocycles. The molecule has 0 saturated carbocycles. The van der Waals surface area contributed by atoms with Gasteiger partial charge in [-0.1, -0.05) is 6.92 Å². The van der Waals surface area contributed by atoms with Gasteiger partial charge in [0.05, 0.1) is 6.54 Å². The van der Waals surface area contributed by atoms with Crippen molar-refractivity contribution in [3.05, 3.63) is 0 Å². The second-order valence-corrected chi connectivity index (χ2v) is 4.18. The average molecular weight is 215 g/mol. The molecule has 0 aromatic rings. The van der Waals surface area contributed by atoms with Crippen LogP contribution in [0.5, 0.6) is 0 Å². The molecule has 5 heteroatoms. The minimum Gasteiger partial charge on any atom is -0.370 e. The van der Waals surface area contributed by atoms with Crippen LogP contribution in [0.4, 0.5) is 0 Å². The van der Waals surface area contributed by atoms with Crippen LogP contribution >= 0.6 is 0 Å². The molecule has 0 heterocycles. The van der Waals surface area contributed by atoms with Gasteiger partial charge in [-0.05, 0) is 20.3 Å². The van der Waals surface area contributed by atoms with E-state index in [0.29, 0.717) is 6.54 Å². The summed E-state index contributed by atoms with van der Waals surface area (Å²) in [5.41, 5.74) is 4.78. The number of carbonyl (C=O) groups excluding carboxylic acids is 2. The fourth-order valence-corrected chi connectivity index (χ4v) is 0.924. The molecule has 2 amide bonds. The summed E-state index contributed by atoms with van der Waals surface area (Å²) < 4.78 is 0. The Morgan fingerprint density at radius 2 is 1.93 bits per heavy atom. The van der Waals surface area contributed by atoms with E-state index in [2.05, 4.69) is 10.6 Å². The third-order valence-corrected chi connectivity index (χ3v) is 2.20. The van der Waals surface area contributed by atoms with Crippen LogP contribution in [-0.4, -0.2) is 30.4 Å². The second kappa shape index (κ2) is 6.40.